The van der Waals surface area contributed by atoms with E-state index in [1.54, 1.807) is 7.11 Å². The quantitative estimate of drug-likeness (QED) is 0.882. The number of benzene rings is 2. The van der Waals surface area contributed by atoms with Crippen molar-refractivity contribution in [1.29, 1.82) is 0 Å². The lowest BCUT2D eigenvalue weighted by molar-refractivity contribution is 0.177. The van der Waals surface area contributed by atoms with Crippen molar-refractivity contribution in [2.45, 2.75) is 6.04 Å². The summed E-state index contributed by atoms with van der Waals surface area (Å²) in [7, 11) is 1.65. The maximum atomic E-state index is 11.0. The van der Waals surface area contributed by atoms with E-state index in [1.165, 1.54) is 0 Å². The third-order valence-corrected chi connectivity index (χ3v) is 3.15. The lowest BCUT2D eigenvalue weighted by atomic mass is 10.0. The summed E-state index contributed by atoms with van der Waals surface area (Å²) in [4.78, 5) is 11.0. The molecule has 18 heavy (non-hydrogen) atoms. The SMILES string of the molecule is COc1ccc2cc([C@H]3COC(=O)N3)ccc2c1. The molecule has 2 aromatic carbocycles. The van der Waals surface area contributed by atoms with Crippen LogP contribution in [0.15, 0.2) is 36.4 Å². The van der Waals surface area contributed by atoms with Gasteiger partial charge in [0.25, 0.3) is 0 Å². The Bertz CT molecular complexity index is 609. The summed E-state index contributed by atoms with van der Waals surface area (Å²) in [5, 5.41) is 5.01. The van der Waals surface area contributed by atoms with E-state index in [0.717, 1.165) is 22.1 Å². The fraction of sp³-hybridized carbons (Fsp3) is 0.214. The first-order valence-electron chi connectivity index (χ1n) is 5.77. The van der Waals surface area contributed by atoms with Crippen molar-refractivity contribution in [3.8, 4) is 5.75 Å². The molecule has 0 bridgehead atoms. The normalized spacial score (nSPS) is 18.5. The molecular formula is C14H13NO3. The minimum Gasteiger partial charge on any atom is -0.497 e. The van der Waals surface area contributed by atoms with E-state index in [2.05, 4.69) is 11.4 Å². The van der Waals surface area contributed by atoms with Gasteiger partial charge in [-0.25, -0.2) is 4.79 Å². The number of hydrogen-bond acceptors (Lipinski definition) is 3. The number of amides is 1. The largest absolute Gasteiger partial charge is 0.497 e. The second-order valence-corrected chi connectivity index (χ2v) is 4.27. The standard InChI is InChI=1S/C14H13NO3/c1-17-12-5-4-9-6-11(3-2-10(9)7-12)13-8-18-14(16)15-13/h2-7,13H,8H2,1H3,(H,15,16)/t13-/m1/s1. The third-order valence-electron chi connectivity index (χ3n) is 3.15. The van der Waals surface area contributed by atoms with Crippen LogP contribution in [-0.2, 0) is 4.74 Å². The van der Waals surface area contributed by atoms with Crippen LogP contribution in [-0.4, -0.2) is 19.8 Å². The first kappa shape index (κ1) is 10.9. The average molecular weight is 243 g/mol. The minimum atomic E-state index is -0.352. The van der Waals surface area contributed by atoms with Crippen molar-refractivity contribution in [3.63, 3.8) is 0 Å². The van der Waals surface area contributed by atoms with Crippen LogP contribution in [0.2, 0.25) is 0 Å². The molecular weight excluding hydrogens is 230 g/mol. The van der Waals surface area contributed by atoms with Crippen LogP contribution in [0.3, 0.4) is 0 Å². The lowest BCUT2D eigenvalue weighted by Crippen LogP contribution is -2.18. The summed E-state index contributed by atoms with van der Waals surface area (Å²) in [6.45, 7) is 0.389. The maximum absolute atomic E-state index is 11.0. The van der Waals surface area contributed by atoms with Crippen LogP contribution in [0, 0.1) is 0 Å². The second-order valence-electron chi connectivity index (χ2n) is 4.27. The molecule has 2 aromatic rings. The molecule has 0 spiro atoms. The van der Waals surface area contributed by atoms with Crippen LogP contribution < -0.4 is 10.1 Å². The monoisotopic (exact) mass is 243 g/mol. The first-order valence-corrected chi connectivity index (χ1v) is 5.77. The molecule has 0 unspecified atom stereocenters. The Morgan fingerprint density at radius 2 is 2.00 bits per heavy atom. The first-order chi connectivity index (χ1) is 8.76. The summed E-state index contributed by atoms with van der Waals surface area (Å²) in [6, 6.07) is 12.0. The van der Waals surface area contributed by atoms with Crippen molar-refractivity contribution in [2.24, 2.45) is 0 Å². The van der Waals surface area contributed by atoms with Gasteiger partial charge in [-0.15, -0.1) is 0 Å². The average Bonchev–Trinajstić information content (AvgIpc) is 2.84. The summed E-state index contributed by atoms with van der Waals surface area (Å²) in [5.41, 5.74) is 1.05. The highest BCUT2D eigenvalue weighted by molar-refractivity contribution is 5.85. The van der Waals surface area contributed by atoms with Crippen LogP contribution in [0.1, 0.15) is 11.6 Å². The lowest BCUT2D eigenvalue weighted by Gasteiger charge is -2.09. The number of hydrogen-bond donors (Lipinski definition) is 1. The second kappa shape index (κ2) is 4.22. The van der Waals surface area contributed by atoms with Gasteiger partial charge in [0.05, 0.1) is 13.2 Å². The number of nitrogens with one attached hydrogen (secondary N) is 1. The number of ether oxygens (including phenoxy) is 2. The fourth-order valence-corrected chi connectivity index (χ4v) is 2.15. The van der Waals surface area contributed by atoms with Crippen LogP contribution >= 0.6 is 0 Å². The van der Waals surface area contributed by atoms with Gasteiger partial charge in [0.15, 0.2) is 0 Å². The summed E-state index contributed by atoms with van der Waals surface area (Å²) in [6.07, 6.45) is -0.352. The molecule has 4 nitrogen and oxygen atoms in total. The summed E-state index contributed by atoms with van der Waals surface area (Å²) >= 11 is 0. The zero-order chi connectivity index (χ0) is 12.5. The van der Waals surface area contributed by atoms with Crippen molar-refractivity contribution in [1.82, 2.24) is 5.32 Å². The van der Waals surface area contributed by atoms with E-state index in [-0.39, 0.29) is 12.1 Å². The number of fused-ring (bicyclic) bond motifs is 1. The number of rotatable bonds is 2. The van der Waals surface area contributed by atoms with Crippen LogP contribution in [0.4, 0.5) is 4.79 Å². The number of carbonyl (C=O) groups is 1. The van der Waals surface area contributed by atoms with Crippen LogP contribution in [0.25, 0.3) is 10.8 Å². The number of carbonyl (C=O) groups excluding carboxylic acids is 1. The number of methoxy groups -OCH3 is 1. The zero-order valence-electron chi connectivity index (χ0n) is 9.97. The van der Waals surface area contributed by atoms with Gasteiger partial charge in [-0.3, -0.25) is 0 Å². The van der Waals surface area contributed by atoms with E-state index < -0.39 is 0 Å². The highest BCUT2D eigenvalue weighted by Crippen LogP contribution is 2.25. The molecule has 1 aliphatic rings. The fourth-order valence-electron chi connectivity index (χ4n) is 2.15. The Hall–Kier alpha value is -2.23. The predicted octanol–water partition coefficient (Wildman–Crippen LogP) is 2.63. The van der Waals surface area contributed by atoms with Gasteiger partial charge in [0.1, 0.15) is 12.4 Å². The summed E-state index contributed by atoms with van der Waals surface area (Å²) < 4.78 is 10.1. The molecule has 1 aliphatic heterocycles. The van der Waals surface area contributed by atoms with Gasteiger partial charge in [-0.1, -0.05) is 18.2 Å². The minimum absolute atomic E-state index is 0.0519. The molecule has 1 amide bonds. The molecule has 92 valence electrons. The summed E-state index contributed by atoms with van der Waals surface area (Å²) in [5.74, 6) is 0.841. The Morgan fingerprint density at radius 1 is 1.22 bits per heavy atom. The highest BCUT2D eigenvalue weighted by atomic mass is 16.6. The van der Waals surface area contributed by atoms with E-state index in [0.29, 0.717) is 6.61 Å². The molecule has 1 heterocycles. The molecule has 1 fully saturated rings. The number of cyclic esters (lactones) is 1. The van der Waals surface area contributed by atoms with Gasteiger partial charge in [-0.2, -0.15) is 0 Å². The molecule has 0 aliphatic carbocycles. The molecule has 1 atom stereocenters. The molecule has 3 rings (SSSR count). The van der Waals surface area contributed by atoms with E-state index in [4.69, 9.17) is 9.47 Å². The molecule has 0 radical (unpaired) electrons. The zero-order valence-corrected chi connectivity index (χ0v) is 9.97. The van der Waals surface area contributed by atoms with Gasteiger partial charge in [0, 0.05) is 0 Å². The highest BCUT2D eigenvalue weighted by Gasteiger charge is 2.23. The molecule has 4 heteroatoms. The molecule has 0 aromatic heterocycles. The van der Waals surface area contributed by atoms with Gasteiger partial charge in [0.2, 0.25) is 0 Å². The maximum Gasteiger partial charge on any atom is 0.407 e. The Labute approximate surface area is 105 Å². The topological polar surface area (TPSA) is 47.6 Å². The Kier molecular flexibility index (Phi) is 2.55. The van der Waals surface area contributed by atoms with Gasteiger partial charge < -0.3 is 14.8 Å². The third kappa shape index (κ3) is 1.86. The molecule has 1 N–H and O–H groups in total. The Balaban J connectivity index is 1.98. The van der Waals surface area contributed by atoms with E-state index >= 15 is 0 Å². The molecule has 0 saturated carbocycles. The van der Waals surface area contributed by atoms with Crippen molar-refractivity contribution >= 4 is 16.9 Å². The molecule has 1 saturated heterocycles. The van der Waals surface area contributed by atoms with Crippen LogP contribution in [0.5, 0.6) is 5.75 Å². The Morgan fingerprint density at radius 3 is 2.72 bits per heavy atom. The van der Waals surface area contributed by atoms with Crippen molar-refractivity contribution < 1.29 is 14.3 Å². The van der Waals surface area contributed by atoms with Gasteiger partial charge >= 0.3 is 6.09 Å². The van der Waals surface area contributed by atoms with E-state index in [1.807, 2.05) is 30.3 Å². The number of alkyl carbamates (subject to hydrolysis) is 1. The van der Waals surface area contributed by atoms with E-state index in [9.17, 15) is 4.79 Å². The van der Waals surface area contributed by atoms with Gasteiger partial charge in [-0.05, 0) is 34.5 Å². The van der Waals surface area contributed by atoms with Crippen molar-refractivity contribution in [2.75, 3.05) is 13.7 Å². The van der Waals surface area contributed by atoms with Crippen molar-refractivity contribution in [3.05, 3.63) is 42.0 Å². The smallest absolute Gasteiger partial charge is 0.407 e. The predicted molar refractivity (Wildman–Crippen MR) is 67.7 cm³/mol.